The van der Waals surface area contributed by atoms with Crippen molar-refractivity contribution in [2.45, 2.75) is 45.1 Å². The number of aromatic nitrogens is 1. The van der Waals surface area contributed by atoms with Crippen molar-refractivity contribution in [2.24, 2.45) is 5.92 Å². The molecule has 0 fully saturated rings. The highest BCUT2D eigenvalue weighted by molar-refractivity contribution is 5.84. The lowest BCUT2D eigenvalue weighted by atomic mass is 9.80. The summed E-state index contributed by atoms with van der Waals surface area (Å²) in [6.45, 7) is 3.18. The second-order valence-corrected chi connectivity index (χ2v) is 8.38. The predicted molar refractivity (Wildman–Crippen MR) is 114 cm³/mol. The first-order valence-electron chi connectivity index (χ1n) is 10.3. The van der Waals surface area contributed by atoms with Crippen LogP contribution in [0.4, 0.5) is 0 Å². The number of rotatable bonds is 3. The molecule has 1 aliphatic carbocycles. The zero-order chi connectivity index (χ0) is 18.2. The first-order valence-corrected chi connectivity index (χ1v) is 10.3. The Morgan fingerprint density at radius 2 is 1.96 bits per heavy atom. The summed E-state index contributed by atoms with van der Waals surface area (Å²) < 4.78 is 0. The number of hydrogen-bond acceptors (Lipinski definition) is 1. The van der Waals surface area contributed by atoms with E-state index >= 15 is 0 Å². The van der Waals surface area contributed by atoms with Crippen molar-refractivity contribution in [1.82, 2.24) is 10.3 Å². The molecule has 138 valence electrons. The van der Waals surface area contributed by atoms with Gasteiger partial charge in [-0.05, 0) is 67.7 Å². The van der Waals surface area contributed by atoms with Gasteiger partial charge in [-0.2, -0.15) is 0 Å². The Morgan fingerprint density at radius 1 is 1.04 bits per heavy atom. The van der Waals surface area contributed by atoms with E-state index in [1.54, 1.807) is 5.56 Å². The minimum Gasteiger partial charge on any atom is -0.358 e. The van der Waals surface area contributed by atoms with Crippen molar-refractivity contribution >= 4 is 16.5 Å². The van der Waals surface area contributed by atoms with Gasteiger partial charge in [-0.1, -0.05) is 54.1 Å². The molecule has 2 aromatic carbocycles. The summed E-state index contributed by atoms with van der Waals surface area (Å²) in [5.74, 6) is 0.783. The molecule has 0 radical (unpaired) electrons. The van der Waals surface area contributed by atoms with Crippen molar-refractivity contribution in [2.75, 3.05) is 6.54 Å². The van der Waals surface area contributed by atoms with E-state index in [1.165, 1.54) is 59.0 Å². The van der Waals surface area contributed by atoms with Crippen LogP contribution >= 0.6 is 0 Å². The lowest BCUT2D eigenvalue weighted by Gasteiger charge is -2.30. The molecule has 0 saturated heterocycles. The number of aryl methyl sites for hydroxylation is 2. The Labute approximate surface area is 161 Å². The Morgan fingerprint density at radius 3 is 2.89 bits per heavy atom. The van der Waals surface area contributed by atoms with Crippen LogP contribution in [0.2, 0.25) is 0 Å². The van der Waals surface area contributed by atoms with E-state index in [9.17, 15) is 0 Å². The third-order valence-electron chi connectivity index (χ3n) is 6.43. The number of H-pyrrole nitrogens is 1. The Balaban J connectivity index is 1.29. The molecule has 2 atom stereocenters. The van der Waals surface area contributed by atoms with Crippen molar-refractivity contribution in [3.8, 4) is 0 Å². The zero-order valence-corrected chi connectivity index (χ0v) is 16.1. The molecule has 1 aromatic heterocycles. The summed E-state index contributed by atoms with van der Waals surface area (Å²) in [5, 5.41) is 5.19. The van der Waals surface area contributed by atoms with Crippen molar-refractivity contribution in [3.05, 3.63) is 77.0 Å². The van der Waals surface area contributed by atoms with Gasteiger partial charge in [-0.3, -0.25) is 0 Å². The molecule has 1 aliphatic heterocycles. The summed E-state index contributed by atoms with van der Waals surface area (Å²) in [4.78, 5) is 3.65. The number of aromatic amines is 1. The van der Waals surface area contributed by atoms with E-state index in [4.69, 9.17) is 0 Å². The fraction of sp³-hybridized carbons (Fsp3) is 0.360. The monoisotopic (exact) mass is 356 g/mol. The minimum atomic E-state index is 0.599. The van der Waals surface area contributed by atoms with E-state index in [0.29, 0.717) is 6.04 Å². The molecule has 27 heavy (non-hydrogen) atoms. The van der Waals surface area contributed by atoms with E-state index in [0.717, 1.165) is 18.9 Å². The van der Waals surface area contributed by atoms with E-state index in [2.05, 4.69) is 71.8 Å². The van der Waals surface area contributed by atoms with E-state index in [-0.39, 0.29) is 0 Å². The van der Waals surface area contributed by atoms with Gasteiger partial charge in [-0.15, -0.1) is 0 Å². The second kappa shape index (κ2) is 7.01. The first-order chi connectivity index (χ1) is 13.3. The average Bonchev–Trinajstić information content (AvgIpc) is 3.06. The van der Waals surface area contributed by atoms with Crippen molar-refractivity contribution in [1.29, 1.82) is 0 Å². The normalized spacial score (nSPS) is 22.5. The summed E-state index contributed by atoms with van der Waals surface area (Å²) in [6, 6.07) is 18.4. The minimum absolute atomic E-state index is 0.599. The fourth-order valence-electron chi connectivity index (χ4n) is 5.06. The Kier molecular flexibility index (Phi) is 4.37. The molecule has 0 bridgehead atoms. The molecule has 0 amide bonds. The number of para-hydroxylation sites is 1. The maximum absolute atomic E-state index is 3.75. The number of nitrogens with one attached hydrogen (secondary N) is 2. The highest BCUT2D eigenvalue weighted by Crippen LogP contribution is 2.35. The number of hydrogen-bond donors (Lipinski definition) is 2. The van der Waals surface area contributed by atoms with Gasteiger partial charge in [0, 0.05) is 29.2 Å². The predicted octanol–water partition coefficient (Wildman–Crippen LogP) is 5.42. The van der Waals surface area contributed by atoms with Crippen LogP contribution < -0.4 is 5.32 Å². The van der Waals surface area contributed by atoms with Crippen LogP contribution in [-0.2, 0) is 12.8 Å². The fourth-order valence-corrected chi connectivity index (χ4v) is 5.06. The summed E-state index contributed by atoms with van der Waals surface area (Å²) in [6.07, 6.45) is 8.54. The largest absolute Gasteiger partial charge is 0.358 e. The van der Waals surface area contributed by atoms with E-state index in [1.807, 2.05) is 0 Å². The second-order valence-electron chi connectivity index (χ2n) is 8.38. The molecule has 2 N–H and O–H groups in total. The molecule has 2 aliphatic rings. The Hall–Kier alpha value is -2.32. The topological polar surface area (TPSA) is 27.8 Å². The highest BCUT2D eigenvalue weighted by atomic mass is 14.9. The third-order valence-corrected chi connectivity index (χ3v) is 6.43. The molecule has 0 spiro atoms. The molecular formula is C25H28N2. The average molecular weight is 357 g/mol. The molecule has 2 nitrogen and oxygen atoms in total. The highest BCUT2D eigenvalue weighted by Gasteiger charge is 2.26. The summed E-state index contributed by atoms with van der Waals surface area (Å²) >= 11 is 0. The number of benzene rings is 2. The zero-order valence-electron chi connectivity index (χ0n) is 16.1. The van der Waals surface area contributed by atoms with E-state index < -0.39 is 0 Å². The number of fused-ring (bicyclic) bond motifs is 3. The maximum atomic E-state index is 3.75. The molecule has 2 heterocycles. The van der Waals surface area contributed by atoms with Gasteiger partial charge in [0.2, 0.25) is 0 Å². The summed E-state index contributed by atoms with van der Waals surface area (Å²) in [7, 11) is 0. The molecular weight excluding hydrogens is 328 g/mol. The maximum Gasteiger partial charge on any atom is 0.0458 e. The van der Waals surface area contributed by atoms with Crippen LogP contribution in [0.15, 0.2) is 54.6 Å². The molecule has 2 unspecified atom stereocenters. The van der Waals surface area contributed by atoms with Gasteiger partial charge in [0.1, 0.15) is 0 Å². The van der Waals surface area contributed by atoms with Crippen LogP contribution in [0.1, 0.15) is 41.6 Å². The molecule has 2 heteroatoms. The van der Waals surface area contributed by atoms with Crippen molar-refractivity contribution < 1.29 is 0 Å². The molecule has 3 aromatic rings. The van der Waals surface area contributed by atoms with Gasteiger partial charge >= 0.3 is 0 Å². The summed E-state index contributed by atoms with van der Waals surface area (Å²) in [5.41, 5.74) is 8.64. The smallest absolute Gasteiger partial charge is 0.0458 e. The first kappa shape index (κ1) is 16.8. The third kappa shape index (κ3) is 3.35. The Bertz CT molecular complexity index is 994. The van der Waals surface area contributed by atoms with Crippen LogP contribution in [0.25, 0.3) is 16.5 Å². The van der Waals surface area contributed by atoms with Gasteiger partial charge in [0.25, 0.3) is 0 Å². The van der Waals surface area contributed by atoms with Gasteiger partial charge in [0.05, 0.1) is 0 Å². The van der Waals surface area contributed by atoms with Gasteiger partial charge in [-0.25, -0.2) is 0 Å². The molecule has 0 saturated carbocycles. The van der Waals surface area contributed by atoms with Gasteiger partial charge < -0.3 is 10.3 Å². The SMILES string of the molecule is Cc1cccc(C2=CCNC(CC3CCc4[nH]c5ccccc5c4C3)C2)c1. The molecule has 5 rings (SSSR count). The standard InChI is InChI=1S/C25H28N2/c1-17-5-4-6-19(13-17)20-11-12-26-21(16-20)14-18-9-10-25-23(15-18)22-7-2-3-8-24(22)27-25/h2-8,11,13,18,21,26-27H,9-10,12,14-16H2,1H3. The van der Waals surface area contributed by atoms with Crippen LogP contribution in [0.3, 0.4) is 0 Å². The van der Waals surface area contributed by atoms with Crippen LogP contribution in [-0.4, -0.2) is 17.6 Å². The van der Waals surface area contributed by atoms with Crippen LogP contribution in [0, 0.1) is 12.8 Å². The lowest BCUT2D eigenvalue weighted by Crippen LogP contribution is -2.35. The van der Waals surface area contributed by atoms with Gasteiger partial charge in [0.15, 0.2) is 0 Å². The van der Waals surface area contributed by atoms with Crippen LogP contribution in [0.5, 0.6) is 0 Å². The lowest BCUT2D eigenvalue weighted by molar-refractivity contribution is 0.356. The van der Waals surface area contributed by atoms with Crippen molar-refractivity contribution in [3.63, 3.8) is 0 Å². The quantitative estimate of drug-likeness (QED) is 0.644.